The Balaban J connectivity index is 1.46. The zero-order chi connectivity index (χ0) is 21.3. The molecule has 2 amide bonds. The van der Waals surface area contributed by atoms with Gasteiger partial charge < -0.3 is 10.6 Å². The van der Waals surface area contributed by atoms with Crippen LogP contribution in [0.25, 0.3) is 11.3 Å². The topological polar surface area (TPSA) is 71.1 Å². The van der Waals surface area contributed by atoms with Crippen molar-refractivity contribution in [1.82, 2.24) is 4.98 Å². The second-order valence-corrected chi connectivity index (χ2v) is 8.46. The SMILES string of the molecule is CCCCC(=O)Nc1ccc(SCC(=O)Nc2nc(-c3ccc(F)cc3)cs2)cc1. The van der Waals surface area contributed by atoms with E-state index in [0.717, 1.165) is 29.0 Å². The first-order valence-electron chi connectivity index (χ1n) is 9.57. The minimum absolute atomic E-state index is 0.0140. The minimum atomic E-state index is -0.300. The van der Waals surface area contributed by atoms with E-state index in [0.29, 0.717) is 17.2 Å². The zero-order valence-electron chi connectivity index (χ0n) is 16.5. The van der Waals surface area contributed by atoms with E-state index in [9.17, 15) is 14.0 Å². The average Bonchev–Trinajstić information content (AvgIpc) is 3.20. The third kappa shape index (κ3) is 6.67. The Morgan fingerprint density at radius 1 is 1.03 bits per heavy atom. The highest BCUT2D eigenvalue weighted by atomic mass is 32.2. The molecule has 0 spiro atoms. The van der Waals surface area contributed by atoms with Crippen molar-refractivity contribution in [2.75, 3.05) is 16.4 Å². The predicted octanol–water partition coefficient (Wildman–Crippen LogP) is 5.81. The number of aromatic nitrogens is 1. The number of benzene rings is 2. The number of unbranched alkanes of at least 4 members (excludes halogenated alkanes) is 1. The van der Waals surface area contributed by atoms with Crippen molar-refractivity contribution in [2.45, 2.75) is 31.1 Å². The summed E-state index contributed by atoms with van der Waals surface area (Å²) >= 11 is 2.73. The number of hydrogen-bond acceptors (Lipinski definition) is 5. The van der Waals surface area contributed by atoms with Gasteiger partial charge in [-0.15, -0.1) is 23.1 Å². The molecule has 2 aromatic carbocycles. The van der Waals surface area contributed by atoms with Crippen LogP contribution < -0.4 is 10.6 Å². The van der Waals surface area contributed by atoms with Gasteiger partial charge in [-0.1, -0.05) is 13.3 Å². The zero-order valence-corrected chi connectivity index (χ0v) is 18.1. The van der Waals surface area contributed by atoms with E-state index < -0.39 is 0 Å². The second kappa shape index (κ2) is 10.9. The number of nitrogens with one attached hydrogen (secondary N) is 2. The molecule has 0 saturated heterocycles. The third-order valence-electron chi connectivity index (χ3n) is 4.16. The van der Waals surface area contributed by atoms with Crippen LogP contribution in [-0.4, -0.2) is 22.6 Å². The summed E-state index contributed by atoms with van der Waals surface area (Å²) < 4.78 is 13.0. The van der Waals surface area contributed by atoms with E-state index in [-0.39, 0.29) is 23.4 Å². The van der Waals surface area contributed by atoms with Crippen molar-refractivity contribution in [3.8, 4) is 11.3 Å². The molecule has 30 heavy (non-hydrogen) atoms. The summed E-state index contributed by atoms with van der Waals surface area (Å²) in [5.74, 6) is -0.198. The largest absolute Gasteiger partial charge is 0.326 e. The summed E-state index contributed by atoms with van der Waals surface area (Å²) in [6.45, 7) is 2.05. The smallest absolute Gasteiger partial charge is 0.236 e. The lowest BCUT2D eigenvalue weighted by Crippen LogP contribution is -2.13. The van der Waals surface area contributed by atoms with E-state index in [1.165, 1.54) is 35.2 Å². The van der Waals surface area contributed by atoms with Crippen molar-refractivity contribution in [3.05, 3.63) is 59.7 Å². The number of thiazole rings is 1. The van der Waals surface area contributed by atoms with Crippen molar-refractivity contribution < 1.29 is 14.0 Å². The molecule has 0 saturated carbocycles. The highest BCUT2D eigenvalue weighted by molar-refractivity contribution is 8.00. The fourth-order valence-electron chi connectivity index (χ4n) is 2.58. The van der Waals surface area contributed by atoms with Gasteiger partial charge in [-0.3, -0.25) is 9.59 Å². The number of nitrogens with zero attached hydrogens (tertiary/aromatic N) is 1. The molecule has 0 unspecified atom stereocenters. The lowest BCUT2D eigenvalue weighted by molar-refractivity contribution is -0.116. The molecular weight excluding hydrogens is 421 g/mol. The molecule has 3 aromatic rings. The summed E-state index contributed by atoms with van der Waals surface area (Å²) in [6, 6.07) is 13.5. The maximum Gasteiger partial charge on any atom is 0.236 e. The van der Waals surface area contributed by atoms with Crippen LogP contribution in [0.4, 0.5) is 15.2 Å². The molecule has 0 atom stereocenters. The molecule has 3 rings (SSSR count). The van der Waals surface area contributed by atoms with E-state index in [1.807, 2.05) is 29.6 Å². The van der Waals surface area contributed by atoms with Gasteiger partial charge in [0.15, 0.2) is 5.13 Å². The molecule has 2 N–H and O–H groups in total. The molecule has 156 valence electrons. The van der Waals surface area contributed by atoms with Crippen LogP contribution in [0.2, 0.25) is 0 Å². The number of carbonyl (C=O) groups is 2. The van der Waals surface area contributed by atoms with Crippen LogP contribution in [0.5, 0.6) is 0 Å². The van der Waals surface area contributed by atoms with E-state index in [2.05, 4.69) is 22.5 Å². The maximum atomic E-state index is 13.0. The number of thioether (sulfide) groups is 1. The molecule has 0 aliphatic carbocycles. The van der Waals surface area contributed by atoms with Crippen molar-refractivity contribution in [1.29, 1.82) is 0 Å². The van der Waals surface area contributed by atoms with E-state index in [4.69, 9.17) is 0 Å². The molecule has 1 aromatic heterocycles. The Labute approximate surface area is 183 Å². The van der Waals surface area contributed by atoms with Crippen molar-refractivity contribution >= 4 is 45.7 Å². The summed E-state index contributed by atoms with van der Waals surface area (Å²) in [7, 11) is 0. The number of carbonyl (C=O) groups excluding carboxylic acids is 2. The van der Waals surface area contributed by atoms with Gasteiger partial charge in [-0.25, -0.2) is 9.37 Å². The van der Waals surface area contributed by atoms with Crippen LogP contribution in [0.3, 0.4) is 0 Å². The van der Waals surface area contributed by atoms with Gasteiger partial charge in [0.2, 0.25) is 11.8 Å². The molecular formula is C22H22FN3O2S2. The Hall–Kier alpha value is -2.71. The highest BCUT2D eigenvalue weighted by Crippen LogP contribution is 2.26. The Morgan fingerprint density at radius 3 is 2.47 bits per heavy atom. The lowest BCUT2D eigenvalue weighted by atomic mass is 10.2. The molecule has 5 nitrogen and oxygen atoms in total. The molecule has 8 heteroatoms. The van der Waals surface area contributed by atoms with Crippen LogP contribution in [0.15, 0.2) is 58.8 Å². The summed E-state index contributed by atoms with van der Waals surface area (Å²) in [5, 5.41) is 7.98. The van der Waals surface area contributed by atoms with Gasteiger partial charge in [-0.2, -0.15) is 0 Å². The van der Waals surface area contributed by atoms with Crippen LogP contribution in [0, 0.1) is 5.82 Å². The average molecular weight is 444 g/mol. The summed E-state index contributed by atoms with van der Waals surface area (Å²) in [6.07, 6.45) is 2.38. The summed E-state index contributed by atoms with van der Waals surface area (Å²) in [5.41, 5.74) is 2.24. The van der Waals surface area contributed by atoms with Gasteiger partial charge in [0.25, 0.3) is 0 Å². The van der Waals surface area contributed by atoms with Crippen LogP contribution in [0.1, 0.15) is 26.2 Å². The Morgan fingerprint density at radius 2 is 1.77 bits per heavy atom. The van der Waals surface area contributed by atoms with Gasteiger partial charge in [0, 0.05) is 27.9 Å². The number of hydrogen-bond donors (Lipinski definition) is 2. The van der Waals surface area contributed by atoms with Gasteiger partial charge in [0.05, 0.1) is 11.4 Å². The van der Waals surface area contributed by atoms with Crippen molar-refractivity contribution in [2.24, 2.45) is 0 Å². The van der Waals surface area contributed by atoms with E-state index >= 15 is 0 Å². The quantitative estimate of drug-likeness (QED) is 0.410. The maximum absolute atomic E-state index is 13.0. The standard InChI is InChI=1S/C22H22FN3O2S2/c1-2-3-4-20(27)24-17-9-11-18(12-10-17)29-14-21(28)26-22-25-19(13-30-22)15-5-7-16(23)8-6-15/h5-13H,2-4,14H2,1H3,(H,24,27)(H,25,26,28). The van der Waals surface area contributed by atoms with Crippen LogP contribution in [-0.2, 0) is 9.59 Å². The molecule has 0 fully saturated rings. The minimum Gasteiger partial charge on any atom is -0.326 e. The monoisotopic (exact) mass is 443 g/mol. The van der Waals surface area contributed by atoms with E-state index in [1.54, 1.807) is 12.1 Å². The molecule has 0 aliphatic heterocycles. The summed E-state index contributed by atoms with van der Waals surface area (Å²) in [4.78, 5) is 29.3. The third-order valence-corrected chi connectivity index (χ3v) is 5.93. The van der Waals surface area contributed by atoms with Crippen molar-refractivity contribution in [3.63, 3.8) is 0 Å². The fraction of sp³-hybridized carbons (Fsp3) is 0.227. The number of rotatable bonds is 9. The van der Waals surface area contributed by atoms with Gasteiger partial charge in [0.1, 0.15) is 5.82 Å². The first-order valence-corrected chi connectivity index (χ1v) is 11.4. The lowest BCUT2D eigenvalue weighted by Gasteiger charge is -2.06. The molecule has 1 heterocycles. The Bertz CT molecular complexity index is 988. The first-order chi connectivity index (χ1) is 14.5. The number of halogens is 1. The second-order valence-electron chi connectivity index (χ2n) is 6.56. The first kappa shape index (κ1) is 22.0. The van der Waals surface area contributed by atoms with Gasteiger partial charge >= 0.3 is 0 Å². The number of amides is 2. The predicted molar refractivity (Wildman–Crippen MR) is 121 cm³/mol. The molecule has 0 aliphatic rings. The Kier molecular flexibility index (Phi) is 7.98. The molecule has 0 bridgehead atoms. The normalized spacial score (nSPS) is 10.6. The fourth-order valence-corrected chi connectivity index (χ4v) is 4.02. The van der Waals surface area contributed by atoms with Crippen LogP contribution >= 0.6 is 23.1 Å². The van der Waals surface area contributed by atoms with Gasteiger partial charge in [-0.05, 0) is 55.0 Å². The molecule has 0 radical (unpaired) electrons. The highest BCUT2D eigenvalue weighted by Gasteiger charge is 2.09. The number of anilines is 2.